The van der Waals surface area contributed by atoms with Crippen molar-refractivity contribution in [3.63, 3.8) is 0 Å². The number of aliphatic imine (C=N–C) groups is 1. The Morgan fingerprint density at radius 3 is 3.06 bits per heavy atom. The first-order chi connectivity index (χ1) is 8.42. The molecule has 3 nitrogen and oxygen atoms in total. The number of aryl methyl sites for hydroxylation is 2. The van der Waals surface area contributed by atoms with Crippen LogP contribution >= 0.6 is 0 Å². The number of amidine groups is 1. The van der Waals surface area contributed by atoms with E-state index in [1.807, 2.05) is 0 Å². The van der Waals surface area contributed by atoms with E-state index in [0.29, 0.717) is 6.61 Å². The molecule has 1 heterocycles. The van der Waals surface area contributed by atoms with E-state index in [9.17, 15) is 0 Å². The van der Waals surface area contributed by atoms with Crippen molar-refractivity contribution >= 4 is 5.84 Å². The van der Waals surface area contributed by atoms with Crippen LogP contribution in [0.4, 0.5) is 0 Å². The van der Waals surface area contributed by atoms with E-state index < -0.39 is 0 Å². The van der Waals surface area contributed by atoms with Gasteiger partial charge < -0.3 is 10.1 Å². The Morgan fingerprint density at radius 2 is 2.18 bits per heavy atom. The fourth-order valence-electron chi connectivity index (χ4n) is 2.52. The van der Waals surface area contributed by atoms with Gasteiger partial charge in [-0.2, -0.15) is 0 Å². The minimum absolute atomic E-state index is 0.713. The Balaban J connectivity index is 1.54. The van der Waals surface area contributed by atoms with Crippen molar-refractivity contribution in [2.24, 2.45) is 4.99 Å². The number of hydrogen-bond acceptors (Lipinski definition) is 3. The van der Waals surface area contributed by atoms with E-state index in [4.69, 9.17) is 4.74 Å². The molecular weight excluding hydrogens is 212 g/mol. The van der Waals surface area contributed by atoms with Crippen LogP contribution < -0.4 is 10.1 Å². The van der Waals surface area contributed by atoms with Crippen molar-refractivity contribution < 1.29 is 4.74 Å². The summed E-state index contributed by atoms with van der Waals surface area (Å²) < 4.78 is 5.77. The molecule has 3 rings (SSSR count). The minimum Gasteiger partial charge on any atom is -0.493 e. The highest BCUT2D eigenvalue weighted by Gasteiger charge is 2.11. The topological polar surface area (TPSA) is 33.6 Å². The highest BCUT2D eigenvalue weighted by Crippen LogP contribution is 2.25. The third-order valence-electron chi connectivity index (χ3n) is 3.42. The van der Waals surface area contributed by atoms with Crippen LogP contribution in [0.2, 0.25) is 0 Å². The second-order valence-electron chi connectivity index (χ2n) is 4.64. The lowest BCUT2D eigenvalue weighted by Crippen LogP contribution is -2.20. The van der Waals surface area contributed by atoms with Crippen LogP contribution in [0.3, 0.4) is 0 Å². The Labute approximate surface area is 102 Å². The van der Waals surface area contributed by atoms with Crippen molar-refractivity contribution in [2.45, 2.75) is 25.7 Å². The van der Waals surface area contributed by atoms with Gasteiger partial charge in [-0.15, -0.1) is 0 Å². The Kier molecular flexibility index (Phi) is 2.99. The number of hydrogen-bond donors (Lipinski definition) is 1. The highest BCUT2D eigenvalue weighted by molar-refractivity contribution is 5.83. The fourth-order valence-corrected chi connectivity index (χ4v) is 2.52. The number of fused-ring (bicyclic) bond motifs is 1. The molecule has 0 fully saturated rings. The molecule has 0 aromatic heterocycles. The van der Waals surface area contributed by atoms with Gasteiger partial charge in [0.1, 0.15) is 5.75 Å². The van der Waals surface area contributed by atoms with E-state index in [-0.39, 0.29) is 0 Å². The summed E-state index contributed by atoms with van der Waals surface area (Å²) in [6.45, 7) is 2.60. The third kappa shape index (κ3) is 2.43. The van der Waals surface area contributed by atoms with Gasteiger partial charge in [0, 0.05) is 13.0 Å². The van der Waals surface area contributed by atoms with Gasteiger partial charge in [0.05, 0.1) is 19.0 Å². The van der Waals surface area contributed by atoms with E-state index >= 15 is 0 Å². The second kappa shape index (κ2) is 4.78. The van der Waals surface area contributed by atoms with Gasteiger partial charge in [-0.05, 0) is 42.5 Å². The van der Waals surface area contributed by atoms with Crippen molar-refractivity contribution in [3.05, 3.63) is 29.3 Å². The Morgan fingerprint density at radius 1 is 1.24 bits per heavy atom. The normalized spacial score (nSPS) is 17.5. The summed E-state index contributed by atoms with van der Waals surface area (Å²) in [5.41, 5.74) is 2.97. The lowest BCUT2D eigenvalue weighted by molar-refractivity contribution is 0.328. The van der Waals surface area contributed by atoms with E-state index in [1.54, 1.807) is 0 Å². The molecule has 1 N–H and O–H groups in total. The smallest absolute Gasteiger partial charge is 0.119 e. The van der Waals surface area contributed by atoms with Gasteiger partial charge in [-0.3, -0.25) is 4.99 Å². The standard InChI is InChI=1S/C14H18N2O/c1-2-11-4-5-13(10-12(11)3-1)17-9-6-14-15-7-8-16-14/h4-5,10H,1-3,6-9H2,(H,15,16). The van der Waals surface area contributed by atoms with E-state index in [1.165, 1.54) is 30.4 Å². The average Bonchev–Trinajstić information content (AvgIpc) is 2.98. The monoisotopic (exact) mass is 230 g/mol. The zero-order valence-corrected chi connectivity index (χ0v) is 10.0. The van der Waals surface area contributed by atoms with Crippen molar-refractivity contribution in [3.8, 4) is 5.75 Å². The third-order valence-corrected chi connectivity index (χ3v) is 3.42. The number of ether oxygens (including phenoxy) is 1. The molecule has 1 aromatic rings. The van der Waals surface area contributed by atoms with Crippen molar-refractivity contribution in [1.82, 2.24) is 5.32 Å². The van der Waals surface area contributed by atoms with Crippen LogP contribution in [-0.4, -0.2) is 25.5 Å². The molecule has 0 saturated carbocycles. The quantitative estimate of drug-likeness (QED) is 0.857. The Bertz CT molecular complexity index is 440. The van der Waals surface area contributed by atoms with Gasteiger partial charge in [0.15, 0.2) is 0 Å². The molecule has 1 aliphatic heterocycles. The molecule has 0 bridgehead atoms. The predicted molar refractivity (Wildman–Crippen MR) is 68.9 cm³/mol. The molecule has 3 heteroatoms. The molecule has 2 aliphatic rings. The Hall–Kier alpha value is -1.51. The van der Waals surface area contributed by atoms with Crippen LogP contribution in [0.25, 0.3) is 0 Å². The van der Waals surface area contributed by atoms with Crippen LogP contribution in [-0.2, 0) is 12.8 Å². The van der Waals surface area contributed by atoms with Gasteiger partial charge in [0.2, 0.25) is 0 Å². The largest absolute Gasteiger partial charge is 0.493 e. The summed E-state index contributed by atoms with van der Waals surface area (Å²) in [4.78, 5) is 4.35. The predicted octanol–water partition coefficient (Wildman–Crippen LogP) is 1.95. The maximum Gasteiger partial charge on any atom is 0.119 e. The highest BCUT2D eigenvalue weighted by atomic mass is 16.5. The van der Waals surface area contributed by atoms with Gasteiger partial charge >= 0.3 is 0 Å². The summed E-state index contributed by atoms with van der Waals surface area (Å²) >= 11 is 0. The lowest BCUT2D eigenvalue weighted by atomic mass is 10.1. The zero-order valence-electron chi connectivity index (χ0n) is 10.0. The molecule has 0 atom stereocenters. The molecule has 0 spiro atoms. The molecule has 17 heavy (non-hydrogen) atoms. The van der Waals surface area contributed by atoms with Crippen LogP contribution in [0.15, 0.2) is 23.2 Å². The summed E-state index contributed by atoms with van der Waals surface area (Å²) in [5.74, 6) is 2.09. The van der Waals surface area contributed by atoms with Crippen LogP contribution in [0.1, 0.15) is 24.0 Å². The van der Waals surface area contributed by atoms with Crippen molar-refractivity contribution in [1.29, 1.82) is 0 Å². The lowest BCUT2D eigenvalue weighted by Gasteiger charge is -2.08. The first kappa shape index (κ1) is 10.6. The molecule has 0 amide bonds. The number of nitrogens with zero attached hydrogens (tertiary/aromatic N) is 1. The molecule has 0 unspecified atom stereocenters. The van der Waals surface area contributed by atoms with Crippen molar-refractivity contribution in [2.75, 3.05) is 19.7 Å². The summed E-state index contributed by atoms with van der Waals surface area (Å²) in [6.07, 6.45) is 4.62. The maximum atomic E-state index is 5.77. The summed E-state index contributed by atoms with van der Waals surface area (Å²) in [6, 6.07) is 6.50. The molecule has 1 aliphatic carbocycles. The summed E-state index contributed by atoms with van der Waals surface area (Å²) in [7, 11) is 0. The number of benzene rings is 1. The average molecular weight is 230 g/mol. The van der Waals surface area contributed by atoms with Gasteiger partial charge in [0.25, 0.3) is 0 Å². The van der Waals surface area contributed by atoms with Gasteiger partial charge in [-0.25, -0.2) is 0 Å². The zero-order chi connectivity index (χ0) is 11.5. The first-order valence-corrected chi connectivity index (χ1v) is 6.43. The SMILES string of the molecule is c1cc2c(cc1OCCC1=NCCN1)CCC2. The molecule has 0 saturated heterocycles. The van der Waals surface area contributed by atoms with E-state index in [0.717, 1.165) is 31.1 Å². The van der Waals surface area contributed by atoms with Crippen LogP contribution in [0.5, 0.6) is 5.75 Å². The van der Waals surface area contributed by atoms with Crippen LogP contribution in [0, 0.1) is 0 Å². The van der Waals surface area contributed by atoms with E-state index in [2.05, 4.69) is 28.5 Å². The molecule has 1 aromatic carbocycles. The minimum atomic E-state index is 0.713. The first-order valence-electron chi connectivity index (χ1n) is 6.43. The molecule has 90 valence electrons. The molecule has 0 radical (unpaired) electrons. The fraction of sp³-hybridized carbons (Fsp3) is 0.500. The number of nitrogens with one attached hydrogen (secondary N) is 1. The molecular formula is C14H18N2O. The number of rotatable bonds is 4. The maximum absolute atomic E-state index is 5.77. The second-order valence-corrected chi connectivity index (χ2v) is 4.64. The summed E-state index contributed by atoms with van der Waals surface area (Å²) in [5, 5.41) is 3.25. The van der Waals surface area contributed by atoms with Gasteiger partial charge in [-0.1, -0.05) is 6.07 Å².